The number of rotatable bonds is 2. The first-order chi connectivity index (χ1) is 10.5. The molecule has 0 aliphatic carbocycles. The van der Waals surface area contributed by atoms with Crippen molar-refractivity contribution < 1.29 is 9.59 Å². The molecule has 3 N–H and O–H groups in total. The van der Waals surface area contributed by atoms with Crippen LogP contribution >= 0.6 is 39.1 Å². The Morgan fingerprint density at radius 2 is 1.73 bits per heavy atom. The molecular formula is C14H10BrCl2N3O2. The zero-order valence-corrected chi connectivity index (χ0v) is 14.1. The molecule has 0 fully saturated rings. The Labute approximate surface area is 145 Å². The molecule has 22 heavy (non-hydrogen) atoms. The third kappa shape index (κ3) is 4.62. The lowest BCUT2D eigenvalue weighted by Gasteiger charge is -2.09. The van der Waals surface area contributed by atoms with E-state index in [2.05, 4.69) is 32.1 Å². The number of carbonyl (C=O) groups excluding carboxylic acids is 2. The maximum Gasteiger partial charge on any atom is 0.337 e. The van der Waals surface area contributed by atoms with Crippen molar-refractivity contribution in [3.63, 3.8) is 0 Å². The average molecular weight is 403 g/mol. The summed E-state index contributed by atoms with van der Waals surface area (Å²) in [6, 6.07) is 10.8. The van der Waals surface area contributed by atoms with Gasteiger partial charge in [-0.2, -0.15) is 0 Å². The van der Waals surface area contributed by atoms with E-state index in [1.807, 2.05) is 0 Å². The zero-order chi connectivity index (χ0) is 16.1. The number of hydrogen-bond acceptors (Lipinski definition) is 2. The van der Waals surface area contributed by atoms with Crippen LogP contribution < -0.4 is 16.2 Å². The molecule has 3 amide bonds. The molecule has 0 bridgehead atoms. The molecule has 0 spiro atoms. The molecule has 5 nitrogen and oxygen atoms in total. The molecule has 0 unspecified atom stereocenters. The standard InChI is InChI=1S/C14H10BrCl2N3O2/c15-9-3-1-2-8(6-9)13(21)19-20-14(22)18-10-4-5-11(16)12(17)7-10/h1-7H,(H,19,21)(H2,18,20,22). The van der Waals surface area contributed by atoms with Crippen LogP contribution in [-0.2, 0) is 0 Å². The van der Waals surface area contributed by atoms with Gasteiger partial charge in [0, 0.05) is 15.7 Å². The van der Waals surface area contributed by atoms with Gasteiger partial charge in [-0.3, -0.25) is 10.2 Å². The van der Waals surface area contributed by atoms with Crippen LogP contribution in [0.5, 0.6) is 0 Å². The number of urea groups is 1. The summed E-state index contributed by atoms with van der Waals surface area (Å²) in [5.74, 6) is -0.439. The Bertz CT molecular complexity index is 725. The number of hydrazine groups is 1. The molecule has 8 heteroatoms. The number of hydrogen-bond donors (Lipinski definition) is 3. The number of benzene rings is 2. The van der Waals surface area contributed by atoms with Crippen LogP contribution in [-0.4, -0.2) is 11.9 Å². The van der Waals surface area contributed by atoms with E-state index >= 15 is 0 Å². The topological polar surface area (TPSA) is 70.2 Å². The summed E-state index contributed by atoms with van der Waals surface area (Å²) in [5.41, 5.74) is 5.39. The van der Waals surface area contributed by atoms with Gasteiger partial charge in [0.1, 0.15) is 0 Å². The van der Waals surface area contributed by atoms with Crippen molar-refractivity contribution in [3.8, 4) is 0 Å². The number of amides is 3. The third-order valence-electron chi connectivity index (χ3n) is 2.55. The van der Waals surface area contributed by atoms with Gasteiger partial charge in [-0.25, -0.2) is 10.2 Å². The first-order valence-corrected chi connectivity index (χ1v) is 7.58. The van der Waals surface area contributed by atoms with Crippen molar-refractivity contribution in [1.82, 2.24) is 10.9 Å². The lowest BCUT2D eigenvalue weighted by Crippen LogP contribution is -2.43. The number of nitrogens with one attached hydrogen (secondary N) is 3. The Hall–Kier alpha value is -1.76. The molecule has 0 aliphatic rings. The minimum Gasteiger partial charge on any atom is -0.307 e. The van der Waals surface area contributed by atoms with Crippen LogP contribution in [0, 0.1) is 0 Å². The van der Waals surface area contributed by atoms with Gasteiger partial charge in [0.2, 0.25) is 0 Å². The predicted molar refractivity (Wildman–Crippen MR) is 90.2 cm³/mol. The lowest BCUT2D eigenvalue weighted by atomic mass is 10.2. The van der Waals surface area contributed by atoms with Gasteiger partial charge in [0.15, 0.2) is 0 Å². The van der Waals surface area contributed by atoms with Crippen molar-refractivity contribution in [2.45, 2.75) is 0 Å². The van der Waals surface area contributed by atoms with Crippen molar-refractivity contribution in [1.29, 1.82) is 0 Å². The number of anilines is 1. The summed E-state index contributed by atoms with van der Waals surface area (Å²) in [7, 11) is 0. The van der Waals surface area contributed by atoms with Crippen LogP contribution in [0.2, 0.25) is 10.0 Å². The van der Waals surface area contributed by atoms with E-state index in [1.54, 1.807) is 36.4 Å². The van der Waals surface area contributed by atoms with Crippen molar-refractivity contribution in [2.24, 2.45) is 0 Å². The minimum absolute atomic E-state index is 0.317. The second-order valence-corrected chi connectivity index (χ2v) is 5.90. The van der Waals surface area contributed by atoms with E-state index in [4.69, 9.17) is 23.2 Å². The SMILES string of the molecule is O=C(NNC(=O)c1cccc(Br)c1)Nc1ccc(Cl)c(Cl)c1. The molecule has 0 aliphatic heterocycles. The van der Waals surface area contributed by atoms with Gasteiger partial charge >= 0.3 is 6.03 Å². The van der Waals surface area contributed by atoms with E-state index in [-0.39, 0.29) is 0 Å². The third-order valence-corrected chi connectivity index (χ3v) is 3.79. The van der Waals surface area contributed by atoms with Gasteiger partial charge in [-0.1, -0.05) is 45.2 Å². The Morgan fingerprint density at radius 1 is 0.955 bits per heavy atom. The van der Waals surface area contributed by atoms with Gasteiger partial charge in [0.05, 0.1) is 10.0 Å². The normalized spacial score (nSPS) is 9.95. The molecule has 0 aromatic heterocycles. The molecule has 0 heterocycles. The molecule has 2 rings (SSSR count). The van der Waals surface area contributed by atoms with Crippen LogP contribution in [0.1, 0.15) is 10.4 Å². The quantitative estimate of drug-likeness (QED) is 0.658. The molecular weight excluding hydrogens is 393 g/mol. The first-order valence-electron chi connectivity index (χ1n) is 6.03. The van der Waals surface area contributed by atoms with Crippen molar-refractivity contribution >= 4 is 56.8 Å². The highest BCUT2D eigenvalue weighted by atomic mass is 79.9. The molecule has 2 aromatic carbocycles. The molecule has 2 aromatic rings. The Morgan fingerprint density at radius 3 is 2.41 bits per heavy atom. The number of carbonyl (C=O) groups is 2. The summed E-state index contributed by atoms with van der Waals surface area (Å²) in [4.78, 5) is 23.5. The van der Waals surface area contributed by atoms with E-state index in [1.165, 1.54) is 6.07 Å². The highest BCUT2D eigenvalue weighted by Gasteiger charge is 2.08. The predicted octanol–water partition coefficient (Wildman–Crippen LogP) is 4.22. The van der Waals surface area contributed by atoms with Crippen molar-refractivity contribution in [3.05, 3.63) is 62.5 Å². The largest absolute Gasteiger partial charge is 0.337 e. The second-order valence-electron chi connectivity index (χ2n) is 4.17. The van der Waals surface area contributed by atoms with Crippen LogP contribution in [0.3, 0.4) is 0 Å². The van der Waals surface area contributed by atoms with Gasteiger partial charge < -0.3 is 5.32 Å². The highest BCUT2D eigenvalue weighted by molar-refractivity contribution is 9.10. The summed E-state index contributed by atoms with van der Waals surface area (Å²) in [6.07, 6.45) is 0. The smallest absolute Gasteiger partial charge is 0.307 e. The Kier molecular flexibility index (Phi) is 5.65. The summed E-state index contributed by atoms with van der Waals surface area (Å²) in [6.45, 7) is 0. The van der Waals surface area contributed by atoms with Crippen LogP contribution in [0.4, 0.5) is 10.5 Å². The second kappa shape index (κ2) is 7.49. The van der Waals surface area contributed by atoms with Crippen LogP contribution in [0.15, 0.2) is 46.9 Å². The molecule has 0 saturated heterocycles. The summed E-state index contributed by atoms with van der Waals surface area (Å²) < 4.78 is 0.764. The van der Waals surface area contributed by atoms with Gasteiger partial charge in [-0.15, -0.1) is 0 Å². The minimum atomic E-state index is -0.610. The summed E-state index contributed by atoms with van der Waals surface area (Å²) in [5, 5.41) is 3.21. The van der Waals surface area contributed by atoms with Gasteiger partial charge in [-0.05, 0) is 36.4 Å². The van der Waals surface area contributed by atoms with Crippen LogP contribution in [0.25, 0.3) is 0 Å². The fourth-order valence-corrected chi connectivity index (χ4v) is 2.25. The molecule has 0 radical (unpaired) electrons. The maximum absolute atomic E-state index is 11.8. The van der Waals surface area contributed by atoms with E-state index in [0.717, 1.165) is 4.47 Å². The fourth-order valence-electron chi connectivity index (χ4n) is 1.55. The molecule has 114 valence electrons. The van der Waals surface area contributed by atoms with E-state index < -0.39 is 11.9 Å². The summed E-state index contributed by atoms with van der Waals surface area (Å²) >= 11 is 14.9. The highest BCUT2D eigenvalue weighted by Crippen LogP contribution is 2.24. The monoisotopic (exact) mass is 401 g/mol. The molecule has 0 atom stereocenters. The lowest BCUT2D eigenvalue weighted by molar-refractivity contribution is 0.0938. The zero-order valence-electron chi connectivity index (χ0n) is 11.0. The molecule has 0 saturated carbocycles. The van der Waals surface area contributed by atoms with Crippen molar-refractivity contribution in [2.75, 3.05) is 5.32 Å². The van der Waals surface area contributed by atoms with Gasteiger partial charge in [0.25, 0.3) is 5.91 Å². The maximum atomic E-state index is 11.8. The Balaban J connectivity index is 1.90. The van der Waals surface area contributed by atoms with E-state index in [0.29, 0.717) is 21.3 Å². The number of halogens is 3. The van der Waals surface area contributed by atoms with E-state index in [9.17, 15) is 9.59 Å². The average Bonchev–Trinajstić information content (AvgIpc) is 2.48. The fraction of sp³-hybridized carbons (Fsp3) is 0. The first kappa shape index (κ1) is 16.6.